The molecule has 5 heteroatoms. The van der Waals surface area contributed by atoms with Gasteiger partial charge in [-0.2, -0.15) is 0 Å². The maximum absolute atomic E-state index is 10.2. The van der Waals surface area contributed by atoms with E-state index >= 15 is 0 Å². The first kappa shape index (κ1) is 23.1. The van der Waals surface area contributed by atoms with Crippen LogP contribution in [0.15, 0.2) is 23.1 Å². The minimum Gasteiger partial charge on any atom is -0.495 e. The topological polar surface area (TPSA) is 50.4 Å². The Kier molecular flexibility index (Phi) is 17.0. The van der Waals surface area contributed by atoms with Crippen molar-refractivity contribution in [1.82, 2.24) is 5.32 Å². The maximum Gasteiger partial charge on any atom is 0.211 e. The fourth-order valence-electron chi connectivity index (χ4n) is 1.12. The number of thiol groups is 1. The molecule has 0 aliphatic carbocycles. The van der Waals surface area contributed by atoms with Gasteiger partial charge < -0.3 is 15.4 Å². The van der Waals surface area contributed by atoms with E-state index in [2.05, 4.69) is 57.9 Å². The van der Waals surface area contributed by atoms with E-state index in [1.54, 1.807) is 25.3 Å². The number of benzene rings is 1. The number of nitrogens with one attached hydrogen (secondary N) is 2. The Bertz CT molecular complexity index is 383. The Hall–Kier alpha value is -1.20. The van der Waals surface area contributed by atoms with E-state index in [-0.39, 0.29) is 0 Å². The third kappa shape index (κ3) is 13.8. The number of rotatable bonds is 6. The third-order valence-corrected chi connectivity index (χ3v) is 2.99. The number of carbonyl (C=O) groups is 1. The molecule has 1 amide bonds. The molecule has 0 aliphatic heterocycles. The van der Waals surface area contributed by atoms with Gasteiger partial charge in [0.15, 0.2) is 0 Å². The second-order valence-corrected chi connectivity index (χ2v) is 5.42. The van der Waals surface area contributed by atoms with Crippen molar-refractivity contribution in [2.45, 2.75) is 45.9 Å². The van der Waals surface area contributed by atoms with Crippen molar-refractivity contribution < 1.29 is 9.53 Å². The van der Waals surface area contributed by atoms with Crippen LogP contribution in [0.1, 0.15) is 41.0 Å². The van der Waals surface area contributed by atoms with Crippen molar-refractivity contribution in [3.63, 3.8) is 0 Å². The second-order valence-electron chi connectivity index (χ2n) is 4.91. The molecule has 0 spiro atoms. The fraction of sp³-hybridized carbons (Fsp3) is 0.588. The smallest absolute Gasteiger partial charge is 0.211 e. The zero-order valence-electron chi connectivity index (χ0n) is 14.8. The van der Waals surface area contributed by atoms with E-state index in [1.165, 1.54) is 6.42 Å². The van der Waals surface area contributed by atoms with Crippen LogP contribution in [0.2, 0.25) is 0 Å². The van der Waals surface area contributed by atoms with Crippen LogP contribution in [0, 0.1) is 5.92 Å². The number of anilines is 1. The lowest BCUT2D eigenvalue weighted by molar-refractivity contribution is -0.105. The summed E-state index contributed by atoms with van der Waals surface area (Å²) < 4.78 is 5.00. The molecule has 0 fully saturated rings. The number of carbonyl (C=O) groups excluding carboxylic acids is 1. The van der Waals surface area contributed by atoms with Crippen LogP contribution in [0.25, 0.3) is 0 Å². The number of methoxy groups -OCH3 is 1. The molecule has 1 aromatic carbocycles. The number of ether oxygens (including phenoxy) is 1. The molecule has 0 unspecified atom stereocenters. The minimum absolute atomic E-state index is 0.602. The maximum atomic E-state index is 10.2. The first-order valence-electron chi connectivity index (χ1n) is 7.74. The van der Waals surface area contributed by atoms with E-state index < -0.39 is 0 Å². The molecule has 0 saturated carbocycles. The van der Waals surface area contributed by atoms with Gasteiger partial charge in [-0.25, -0.2) is 0 Å². The van der Waals surface area contributed by atoms with Gasteiger partial charge in [0.05, 0.1) is 12.8 Å². The van der Waals surface area contributed by atoms with Crippen LogP contribution in [0.4, 0.5) is 5.69 Å². The summed E-state index contributed by atoms with van der Waals surface area (Å²) in [5.41, 5.74) is 0.625. The fourth-order valence-corrected chi connectivity index (χ4v) is 1.33. The first-order valence-corrected chi connectivity index (χ1v) is 8.19. The Morgan fingerprint density at radius 1 is 1.23 bits per heavy atom. The van der Waals surface area contributed by atoms with Gasteiger partial charge in [-0.15, -0.1) is 12.6 Å². The van der Waals surface area contributed by atoms with Gasteiger partial charge in [0.25, 0.3) is 0 Å². The van der Waals surface area contributed by atoms with Crippen molar-refractivity contribution in [2.75, 3.05) is 25.5 Å². The summed E-state index contributed by atoms with van der Waals surface area (Å²) >= 11 is 4.12. The van der Waals surface area contributed by atoms with Crippen LogP contribution >= 0.6 is 12.6 Å². The molecular weight excluding hydrogens is 296 g/mol. The minimum atomic E-state index is 0.602. The molecule has 0 aliphatic rings. The molecule has 4 nitrogen and oxygen atoms in total. The summed E-state index contributed by atoms with van der Waals surface area (Å²) in [6.07, 6.45) is 1.91. The molecule has 1 aromatic rings. The van der Waals surface area contributed by atoms with Gasteiger partial charge >= 0.3 is 0 Å². The third-order valence-electron chi connectivity index (χ3n) is 2.71. The highest BCUT2D eigenvalue weighted by Gasteiger charge is 2.00. The monoisotopic (exact) mass is 328 g/mol. The van der Waals surface area contributed by atoms with E-state index in [9.17, 15) is 4.79 Å². The summed E-state index contributed by atoms with van der Waals surface area (Å²) in [6.45, 7) is 13.0. The molecular formula is C17H32N2O2S. The average molecular weight is 329 g/mol. The van der Waals surface area contributed by atoms with Crippen LogP contribution < -0.4 is 15.4 Å². The van der Waals surface area contributed by atoms with Crippen LogP contribution in [-0.4, -0.2) is 26.6 Å². The molecule has 0 bridgehead atoms. The Morgan fingerprint density at radius 3 is 2.09 bits per heavy atom. The van der Waals surface area contributed by atoms with Crippen LogP contribution in [0.3, 0.4) is 0 Å². The van der Waals surface area contributed by atoms with Gasteiger partial charge in [-0.3, -0.25) is 4.79 Å². The molecule has 0 aromatic heterocycles. The van der Waals surface area contributed by atoms with Crippen molar-refractivity contribution >= 4 is 24.7 Å². The van der Waals surface area contributed by atoms with Crippen molar-refractivity contribution in [3.05, 3.63) is 18.2 Å². The lowest BCUT2D eigenvalue weighted by Gasteiger charge is -2.06. The highest BCUT2D eigenvalue weighted by atomic mass is 32.1. The molecule has 128 valence electrons. The normalized spacial score (nSPS) is 9.09. The van der Waals surface area contributed by atoms with Crippen molar-refractivity contribution in [1.29, 1.82) is 0 Å². The first-order chi connectivity index (χ1) is 10.5. The lowest BCUT2D eigenvalue weighted by Crippen LogP contribution is -2.09. The summed E-state index contributed by atoms with van der Waals surface area (Å²) in [7, 11) is 1.55. The Balaban J connectivity index is 0. The molecule has 0 saturated heterocycles. The zero-order valence-corrected chi connectivity index (χ0v) is 15.7. The molecule has 0 heterocycles. The second kappa shape index (κ2) is 16.2. The Morgan fingerprint density at radius 2 is 1.77 bits per heavy atom. The van der Waals surface area contributed by atoms with Gasteiger partial charge in [0.1, 0.15) is 5.75 Å². The van der Waals surface area contributed by atoms with E-state index in [0.29, 0.717) is 17.8 Å². The van der Waals surface area contributed by atoms with Crippen molar-refractivity contribution in [3.8, 4) is 5.75 Å². The average Bonchev–Trinajstić information content (AvgIpc) is 2.50. The number of amides is 1. The quantitative estimate of drug-likeness (QED) is 0.541. The van der Waals surface area contributed by atoms with Gasteiger partial charge in [-0.05, 0) is 37.2 Å². The highest BCUT2D eigenvalue weighted by Crippen LogP contribution is 2.25. The van der Waals surface area contributed by atoms with Gasteiger partial charge in [0.2, 0.25) is 6.41 Å². The largest absolute Gasteiger partial charge is 0.495 e. The number of hydrogen-bond donors (Lipinski definition) is 3. The summed E-state index contributed by atoms with van der Waals surface area (Å²) in [5, 5.41) is 5.62. The van der Waals surface area contributed by atoms with Crippen molar-refractivity contribution in [2.24, 2.45) is 5.92 Å². The predicted octanol–water partition coefficient (Wildman–Crippen LogP) is 4.22. The SMILES string of the molecule is CCC(C)C.CCNCC.COc1ccc(S)cc1NC=O. The van der Waals surface area contributed by atoms with E-state index in [1.807, 2.05) is 0 Å². The van der Waals surface area contributed by atoms with Gasteiger partial charge in [-0.1, -0.05) is 41.0 Å². The molecule has 1 rings (SSSR count). The summed E-state index contributed by atoms with van der Waals surface area (Å²) in [4.78, 5) is 10.9. The lowest BCUT2D eigenvalue weighted by atomic mass is 10.2. The zero-order chi connectivity index (χ0) is 17.4. The van der Waals surface area contributed by atoms with Crippen LogP contribution in [0.5, 0.6) is 5.75 Å². The van der Waals surface area contributed by atoms with E-state index in [4.69, 9.17) is 4.74 Å². The predicted molar refractivity (Wildman–Crippen MR) is 99.3 cm³/mol. The van der Waals surface area contributed by atoms with E-state index in [0.717, 1.165) is 23.9 Å². The number of hydrogen-bond acceptors (Lipinski definition) is 4. The summed E-state index contributed by atoms with van der Waals surface area (Å²) in [6, 6.07) is 5.25. The van der Waals surface area contributed by atoms with Crippen LogP contribution in [-0.2, 0) is 4.79 Å². The Labute approximate surface area is 141 Å². The highest BCUT2D eigenvalue weighted by molar-refractivity contribution is 7.80. The standard InChI is InChI=1S/C8H9NO2S.C5H12.C4H11N/c1-11-8-3-2-6(12)4-7(8)9-5-10;1-4-5(2)3;1-3-5-4-2/h2-5,12H,1H3,(H,9,10);5H,4H2,1-3H3;5H,3-4H2,1-2H3. The molecule has 0 atom stereocenters. The summed E-state index contributed by atoms with van der Waals surface area (Å²) in [5.74, 6) is 1.51. The molecule has 0 radical (unpaired) electrons. The molecule has 22 heavy (non-hydrogen) atoms. The molecule has 2 N–H and O–H groups in total. The van der Waals surface area contributed by atoms with Gasteiger partial charge in [0, 0.05) is 4.90 Å².